The lowest BCUT2D eigenvalue weighted by molar-refractivity contribution is -0.167. The van der Waals surface area contributed by atoms with E-state index in [1.165, 1.54) is 180 Å². The van der Waals surface area contributed by atoms with Crippen molar-refractivity contribution in [2.75, 3.05) is 13.2 Å². The Bertz CT molecular complexity index is 1620. The molecule has 0 aromatic heterocycles. The van der Waals surface area contributed by atoms with Gasteiger partial charge in [0.15, 0.2) is 6.10 Å². The summed E-state index contributed by atoms with van der Waals surface area (Å²) in [6.45, 7) is 6.51. The van der Waals surface area contributed by atoms with Crippen LogP contribution < -0.4 is 0 Å². The van der Waals surface area contributed by atoms with Crippen LogP contribution >= 0.6 is 0 Å². The number of carbonyl (C=O) groups is 3. The largest absolute Gasteiger partial charge is 0.462 e. The summed E-state index contributed by atoms with van der Waals surface area (Å²) in [5.74, 6) is -0.888. The molecule has 0 spiro atoms. The van der Waals surface area contributed by atoms with Crippen molar-refractivity contribution in [3.8, 4) is 0 Å². The van der Waals surface area contributed by atoms with Crippen molar-refractivity contribution >= 4 is 17.9 Å². The third-order valence-electron chi connectivity index (χ3n) is 14.7. The number of rotatable bonds is 62. The monoisotopic (exact) mass is 1120 g/mol. The summed E-state index contributed by atoms with van der Waals surface area (Å²) in [5, 5.41) is 0. The zero-order valence-corrected chi connectivity index (χ0v) is 53.3. The van der Waals surface area contributed by atoms with Gasteiger partial charge in [-0.05, 0) is 128 Å². The average Bonchev–Trinajstić information content (AvgIpc) is 3.47. The normalized spacial score (nSPS) is 12.8. The van der Waals surface area contributed by atoms with Gasteiger partial charge in [0.05, 0.1) is 0 Å². The van der Waals surface area contributed by atoms with E-state index in [4.69, 9.17) is 14.2 Å². The van der Waals surface area contributed by atoms with Crippen LogP contribution in [0.5, 0.6) is 0 Å². The summed E-state index contributed by atoms with van der Waals surface area (Å²) >= 11 is 0. The lowest BCUT2D eigenvalue weighted by Gasteiger charge is -2.18. The third-order valence-corrected chi connectivity index (χ3v) is 14.7. The minimum Gasteiger partial charge on any atom is -0.462 e. The number of carbonyl (C=O) groups excluding carboxylic acids is 3. The molecule has 0 amide bonds. The molecule has 0 aromatic carbocycles. The van der Waals surface area contributed by atoms with Gasteiger partial charge in [0.2, 0.25) is 0 Å². The molecule has 1 atom stereocenters. The molecular weight excluding hydrogens is 997 g/mol. The summed E-state index contributed by atoms with van der Waals surface area (Å²) in [6, 6.07) is 0. The number of esters is 3. The summed E-state index contributed by atoms with van der Waals surface area (Å²) in [6.07, 6.45) is 93.8. The maximum Gasteiger partial charge on any atom is 0.306 e. The Balaban J connectivity index is 4.33. The fourth-order valence-corrected chi connectivity index (χ4v) is 9.59. The van der Waals surface area contributed by atoms with Gasteiger partial charge in [0.1, 0.15) is 13.2 Å². The van der Waals surface area contributed by atoms with Crippen LogP contribution in [0.1, 0.15) is 329 Å². The highest BCUT2D eigenvalue weighted by Gasteiger charge is 2.19. The second-order valence-electron chi connectivity index (χ2n) is 22.7. The van der Waals surface area contributed by atoms with E-state index < -0.39 is 6.10 Å². The van der Waals surface area contributed by atoms with E-state index in [0.29, 0.717) is 19.3 Å². The molecule has 0 bridgehead atoms. The van der Waals surface area contributed by atoms with Crippen molar-refractivity contribution in [3.05, 3.63) is 109 Å². The molecule has 0 aliphatic carbocycles. The predicted octanol–water partition coefficient (Wildman–Crippen LogP) is 23.8. The van der Waals surface area contributed by atoms with E-state index >= 15 is 0 Å². The van der Waals surface area contributed by atoms with Crippen molar-refractivity contribution < 1.29 is 28.6 Å². The van der Waals surface area contributed by atoms with E-state index in [9.17, 15) is 14.4 Å². The molecule has 0 aliphatic heterocycles. The molecule has 6 heteroatoms. The lowest BCUT2D eigenvalue weighted by Crippen LogP contribution is -2.30. The average molecular weight is 1130 g/mol. The minimum absolute atomic E-state index is 0.0839. The van der Waals surface area contributed by atoms with Gasteiger partial charge in [-0.15, -0.1) is 0 Å². The summed E-state index contributed by atoms with van der Waals surface area (Å²) < 4.78 is 17.0. The van der Waals surface area contributed by atoms with Gasteiger partial charge >= 0.3 is 17.9 Å². The number of hydrogen-bond donors (Lipinski definition) is 0. The molecule has 0 saturated carbocycles. The fourth-order valence-electron chi connectivity index (χ4n) is 9.59. The summed E-state index contributed by atoms with van der Waals surface area (Å²) in [7, 11) is 0. The van der Waals surface area contributed by atoms with Crippen molar-refractivity contribution in [2.24, 2.45) is 0 Å². The van der Waals surface area contributed by atoms with Gasteiger partial charge in [0.25, 0.3) is 0 Å². The molecule has 0 radical (unpaired) electrons. The quantitative estimate of drug-likeness (QED) is 0.0261. The highest BCUT2D eigenvalue weighted by molar-refractivity contribution is 5.71. The number of allylic oxidation sites excluding steroid dienone is 18. The van der Waals surface area contributed by atoms with Gasteiger partial charge in [-0.2, -0.15) is 0 Å². The lowest BCUT2D eigenvalue weighted by atomic mass is 10.1. The molecule has 0 saturated heterocycles. The number of unbranched alkanes of at least 4 members (excludes halogenated alkanes) is 33. The predicted molar refractivity (Wildman–Crippen MR) is 353 cm³/mol. The van der Waals surface area contributed by atoms with Crippen LogP contribution in [-0.2, 0) is 28.6 Å². The topological polar surface area (TPSA) is 78.9 Å². The summed E-state index contributed by atoms with van der Waals surface area (Å²) in [4.78, 5) is 38.4. The second kappa shape index (κ2) is 68.6. The van der Waals surface area contributed by atoms with Gasteiger partial charge < -0.3 is 14.2 Å². The van der Waals surface area contributed by atoms with E-state index in [-0.39, 0.29) is 31.1 Å². The van der Waals surface area contributed by atoms with Gasteiger partial charge in [-0.25, -0.2) is 0 Å². The Hall–Kier alpha value is -3.93. The van der Waals surface area contributed by atoms with Crippen molar-refractivity contribution in [3.63, 3.8) is 0 Å². The molecule has 0 rings (SSSR count). The zero-order chi connectivity index (χ0) is 58.5. The molecule has 81 heavy (non-hydrogen) atoms. The minimum atomic E-state index is -0.788. The van der Waals surface area contributed by atoms with Crippen molar-refractivity contribution in [2.45, 2.75) is 335 Å². The van der Waals surface area contributed by atoms with Crippen LogP contribution in [0.3, 0.4) is 0 Å². The Morgan fingerprint density at radius 3 is 0.790 bits per heavy atom. The Morgan fingerprint density at radius 1 is 0.259 bits per heavy atom. The van der Waals surface area contributed by atoms with E-state index in [2.05, 4.69) is 130 Å². The van der Waals surface area contributed by atoms with E-state index in [0.717, 1.165) is 109 Å². The molecule has 0 aliphatic rings. The van der Waals surface area contributed by atoms with Gasteiger partial charge in [-0.3, -0.25) is 14.4 Å². The van der Waals surface area contributed by atoms with Gasteiger partial charge in [-0.1, -0.05) is 291 Å². The molecule has 0 aromatic rings. The van der Waals surface area contributed by atoms with Crippen LogP contribution in [0, 0.1) is 0 Å². The highest BCUT2D eigenvalue weighted by Crippen LogP contribution is 2.16. The first-order chi connectivity index (χ1) is 40.0. The second-order valence-corrected chi connectivity index (χ2v) is 22.7. The first kappa shape index (κ1) is 77.1. The summed E-state index contributed by atoms with van der Waals surface area (Å²) in [5.41, 5.74) is 0. The molecular formula is C75H128O6. The Labute approximate surface area is 501 Å². The molecule has 464 valence electrons. The maximum absolute atomic E-state index is 12.9. The molecule has 6 nitrogen and oxygen atoms in total. The van der Waals surface area contributed by atoms with Gasteiger partial charge in [0, 0.05) is 19.3 Å². The van der Waals surface area contributed by atoms with Crippen LogP contribution in [0.4, 0.5) is 0 Å². The molecule has 1 unspecified atom stereocenters. The Morgan fingerprint density at radius 2 is 0.481 bits per heavy atom. The van der Waals surface area contributed by atoms with Crippen molar-refractivity contribution in [1.82, 2.24) is 0 Å². The molecule has 0 heterocycles. The third kappa shape index (κ3) is 66.8. The first-order valence-electron chi connectivity index (χ1n) is 34.4. The van der Waals surface area contributed by atoms with Crippen LogP contribution in [-0.4, -0.2) is 37.2 Å². The van der Waals surface area contributed by atoms with E-state index in [1.54, 1.807) is 0 Å². The molecule has 0 N–H and O–H groups in total. The smallest absolute Gasteiger partial charge is 0.306 e. The SMILES string of the molecule is CC/C=C\C/C=C\C/C=C\C/C=C\C/C=C\C/C=C\CCCCCCCCCCCCC(=O)OCC(COC(=O)CCCCCCC/C=C\CCCCCCCC)OC(=O)CCCCCCCCCCC/C=C\C/C=C\CCCCC. The standard InChI is InChI=1S/C75H128O6/c1-4-7-10-13-16-19-22-25-28-30-32-33-34-35-36-37-38-39-40-41-43-44-47-50-53-56-59-62-65-68-74(77)80-71-72(70-79-73(76)67-64-61-58-55-52-49-46-27-24-21-18-15-12-9-6-3)81-75(78)69-66-63-60-57-54-51-48-45-42-31-29-26-23-20-17-14-11-8-5-2/h7,10,16-17,19-20,25-29,32-33,35-36,38-39,46,72H,4-6,8-9,11-15,18,21-24,30-31,34,37,40-45,47-71H2,1-3H3/b10-7-,19-16-,20-17-,28-25-,29-26-,33-32-,36-35-,39-38-,46-27-. The highest BCUT2D eigenvalue weighted by atomic mass is 16.6. The maximum atomic E-state index is 12.9. The van der Waals surface area contributed by atoms with Crippen molar-refractivity contribution in [1.29, 1.82) is 0 Å². The zero-order valence-electron chi connectivity index (χ0n) is 53.3. The Kier molecular flexibility index (Phi) is 65.2. The van der Waals surface area contributed by atoms with Crippen LogP contribution in [0.25, 0.3) is 0 Å². The molecule has 0 fully saturated rings. The number of ether oxygens (including phenoxy) is 3. The number of hydrogen-bond acceptors (Lipinski definition) is 6. The van der Waals surface area contributed by atoms with E-state index in [1.807, 2.05) is 0 Å². The van der Waals surface area contributed by atoms with Crippen LogP contribution in [0.2, 0.25) is 0 Å². The van der Waals surface area contributed by atoms with Crippen LogP contribution in [0.15, 0.2) is 109 Å². The fraction of sp³-hybridized carbons (Fsp3) is 0.720. The first-order valence-corrected chi connectivity index (χ1v) is 34.4.